The van der Waals surface area contributed by atoms with E-state index in [1.807, 2.05) is 6.07 Å². The minimum Gasteiger partial charge on any atom is -0.435 e. The molecule has 6 heteroatoms. The number of anilines is 1. The minimum absolute atomic E-state index is 0.185. The summed E-state index contributed by atoms with van der Waals surface area (Å²) in [5.41, 5.74) is 1.71. The van der Waals surface area contributed by atoms with Crippen LogP contribution in [0.1, 0.15) is 5.56 Å². The van der Waals surface area contributed by atoms with Gasteiger partial charge in [0.1, 0.15) is 5.75 Å². The molecular formula is C13H18F2N2O2. The summed E-state index contributed by atoms with van der Waals surface area (Å²) in [6.07, 6.45) is 0. The van der Waals surface area contributed by atoms with E-state index in [9.17, 15) is 8.78 Å². The Balaban J connectivity index is 2.09. The lowest BCUT2D eigenvalue weighted by molar-refractivity contribution is -0.0498. The van der Waals surface area contributed by atoms with Crippen LogP contribution in [0.15, 0.2) is 18.2 Å². The molecule has 0 atom stereocenters. The first-order valence-electron chi connectivity index (χ1n) is 6.24. The van der Waals surface area contributed by atoms with Gasteiger partial charge in [0.15, 0.2) is 0 Å². The fourth-order valence-corrected chi connectivity index (χ4v) is 2.08. The van der Waals surface area contributed by atoms with Crippen LogP contribution in [0, 0.1) is 0 Å². The Morgan fingerprint density at radius 1 is 1.32 bits per heavy atom. The molecule has 1 aromatic rings. The number of rotatable bonds is 5. The summed E-state index contributed by atoms with van der Waals surface area (Å²) in [4.78, 5) is 2.23. The van der Waals surface area contributed by atoms with E-state index in [2.05, 4.69) is 15.0 Å². The average molecular weight is 272 g/mol. The molecule has 1 N–H and O–H groups in total. The molecule has 0 saturated carbocycles. The number of alkyl halides is 2. The second-order valence-electron chi connectivity index (χ2n) is 4.38. The molecule has 2 rings (SSSR count). The summed E-state index contributed by atoms with van der Waals surface area (Å²) in [6, 6.07) is 5.16. The van der Waals surface area contributed by atoms with Crippen molar-refractivity contribution in [3.63, 3.8) is 0 Å². The Bertz CT molecular complexity index is 410. The summed E-state index contributed by atoms with van der Waals surface area (Å²) in [5, 5.41) is 2.95. The van der Waals surface area contributed by atoms with Crippen LogP contribution in [0.5, 0.6) is 5.75 Å². The fraction of sp³-hybridized carbons (Fsp3) is 0.538. The van der Waals surface area contributed by atoms with Crippen molar-refractivity contribution in [1.82, 2.24) is 4.90 Å². The van der Waals surface area contributed by atoms with Crippen molar-refractivity contribution in [2.75, 3.05) is 38.7 Å². The Morgan fingerprint density at radius 3 is 2.68 bits per heavy atom. The van der Waals surface area contributed by atoms with Gasteiger partial charge in [0, 0.05) is 38.4 Å². The topological polar surface area (TPSA) is 33.7 Å². The number of ether oxygens (including phenoxy) is 2. The molecule has 1 aromatic carbocycles. The third kappa shape index (κ3) is 4.33. The molecule has 0 bridgehead atoms. The summed E-state index contributed by atoms with van der Waals surface area (Å²) < 4.78 is 34.3. The van der Waals surface area contributed by atoms with E-state index in [0.29, 0.717) is 19.8 Å². The first-order chi connectivity index (χ1) is 9.17. The van der Waals surface area contributed by atoms with Crippen LogP contribution in [0.4, 0.5) is 14.5 Å². The van der Waals surface area contributed by atoms with Gasteiger partial charge in [-0.05, 0) is 17.7 Å². The van der Waals surface area contributed by atoms with Crippen molar-refractivity contribution in [3.8, 4) is 5.75 Å². The largest absolute Gasteiger partial charge is 0.435 e. The Hall–Kier alpha value is -1.40. The second-order valence-corrected chi connectivity index (χ2v) is 4.38. The lowest BCUT2D eigenvalue weighted by Gasteiger charge is -2.26. The second kappa shape index (κ2) is 6.68. The maximum absolute atomic E-state index is 12.3. The lowest BCUT2D eigenvalue weighted by atomic mass is 10.1. The predicted octanol–water partition coefficient (Wildman–Crippen LogP) is 2.16. The first kappa shape index (κ1) is 14.0. The summed E-state index contributed by atoms with van der Waals surface area (Å²) in [7, 11) is 1.75. The number of morpholine rings is 1. The molecule has 0 spiro atoms. The zero-order chi connectivity index (χ0) is 13.7. The third-order valence-electron chi connectivity index (χ3n) is 2.99. The van der Waals surface area contributed by atoms with Crippen LogP contribution in [0.3, 0.4) is 0 Å². The van der Waals surface area contributed by atoms with Crippen LogP contribution in [0.25, 0.3) is 0 Å². The molecule has 0 unspecified atom stereocenters. The number of nitrogens with one attached hydrogen (secondary N) is 1. The molecule has 4 nitrogen and oxygen atoms in total. The zero-order valence-corrected chi connectivity index (χ0v) is 10.9. The number of halogens is 2. The Kier molecular flexibility index (Phi) is 4.93. The number of hydrogen-bond acceptors (Lipinski definition) is 4. The van der Waals surface area contributed by atoms with Gasteiger partial charge in [-0.2, -0.15) is 8.78 Å². The monoisotopic (exact) mass is 272 g/mol. The van der Waals surface area contributed by atoms with Crippen molar-refractivity contribution < 1.29 is 18.3 Å². The van der Waals surface area contributed by atoms with Crippen molar-refractivity contribution in [2.45, 2.75) is 13.2 Å². The van der Waals surface area contributed by atoms with Gasteiger partial charge in [0.05, 0.1) is 13.2 Å². The highest BCUT2D eigenvalue weighted by Crippen LogP contribution is 2.23. The SMILES string of the molecule is CNc1cc(CN2CCOCC2)cc(OC(F)F)c1. The molecule has 0 amide bonds. The molecule has 1 heterocycles. The van der Waals surface area contributed by atoms with E-state index >= 15 is 0 Å². The lowest BCUT2D eigenvalue weighted by Crippen LogP contribution is -2.35. The standard InChI is InChI=1S/C13H18F2N2O2/c1-16-11-6-10(7-12(8-11)19-13(14)15)9-17-2-4-18-5-3-17/h6-8,13,16H,2-5,9H2,1H3. The van der Waals surface area contributed by atoms with E-state index in [1.165, 1.54) is 0 Å². The van der Waals surface area contributed by atoms with Gasteiger partial charge >= 0.3 is 6.61 Å². The normalized spacial score (nSPS) is 16.6. The van der Waals surface area contributed by atoms with E-state index in [-0.39, 0.29) is 5.75 Å². The highest BCUT2D eigenvalue weighted by molar-refractivity contribution is 5.50. The number of hydrogen-bond donors (Lipinski definition) is 1. The molecule has 0 radical (unpaired) electrons. The van der Waals surface area contributed by atoms with Crippen LogP contribution in [-0.4, -0.2) is 44.9 Å². The maximum atomic E-state index is 12.3. The zero-order valence-electron chi connectivity index (χ0n) is 10.9. The highest BCUT2D eigenvalue weighted by Gasteiger charge is 2.13. The van der Waals surface area contributed by atoms with Gasteiger partial charge < -0.3 is 14.8 Å². The van der Waals surface area contributed by atoms with E-state index in [0.717, 1.165) is 24.3 Å². The third-order valence-corrected chi connectivity index (χ3v) is 2.99. The predicted molar refractivity (Wildman–Crippen MR) is 68.7 cm³/mol. The maximum Gasteiger partial charge on any atom is 0.387 e. The Morgan fingerprint density at radius 2 is 2.05 bits per heavy atom. The average Bonchev–Trinajstić information content (AvgIpc) is 2.38. The van der Waals surface area contributed by atoms with E-state index in [1.54, 1.807) is 19.2 Å². The van der Waals surface area contributed by atoms with Crippen molar-refractivity contribution in [1.29, 1.82) is 0 Å². The van der Waals surface area contributed by atoms with E-state index < -0.39 is 6.61 Å². The van der Waals surface area contributed by atoms with Gasteiger partial charge in [-0.25, -0.2) is 0 Å². The summed E-state index contributed by atoms with van der Waals surface area (Å²) in [5.74, 6) is 0.185. The van der Waals surface area contributed by atoms with Crippen molar-refractivity contribution in [2.24, 2.45) is 0 Å². The molecule has 1 saturated heterocycles. The van der Waals surface area contributed by atoms with Gasteiger partial charge in [0.2, 0.25) is 0 Å². The highest BCUT2D eigenvalue weighted by atomic mass is 19.3. The number of nitrogens with zero attached hydrogens (tertiary/aromatic N) is 1. The number of benzene rings is 1. The quantitative estimate of drug-likeness (QED) is 0.890. The van der Waals surface area contributed by atoms with Crippen molar-refractivity contribution >= 4 is 5.69 Å². The first-order valence-corrected chi connectivity index (χ1v) is 6.24. The van der Waals surface area contributed by atoms with Crippen LogP contribution in [0.2, 0.25) is 0 Å². The molecule has 0 aliphatic carbocycles. The van der Waals surface area contributed by atoms with Gasteiger partial charge in [0.25, 0.3) is 0 Å². The van der Waals surface area contributed by atoms with Crippen LogP contribution in [-0.2, 0) is 11.3 Å². The molecule has 0 aromatic heterocycles. The van der Waals surface area contributed by atoms with Crippen LogP contribution < -0.4 is 10.1 Å². The minimum atomic E-state index is -2.80. The van der Waals surface area contributed by atoms with Gasteiger partial charge in [-0.3, -0.25) is 4.90 Å². The van der Waals surface area contributed by atoms with Crippen molar-refractivity contribution in [3.05, 3.63) is 23.8 Å². The summed E-state index contributed by atoms with van der Waals surface area (Å²) >= 11 is 0. The Labute approximate surface area is 111 Å². The van der Waals surface area contributed by atoms with E-state index in [4.69, 9.17) is 4.74 Å². The fourth-order valence-electron chi connectivity index (χ4n) is 2.08. The smallest absolute Gasteiger partial charge is 0.387 e. The molecule has 1 aliphatic heterocycles. The molecule has 106 valence electrons. The summed E-state index contributed by atoms with van der Waals surface area (Å²) in [6.45, 7) is 1.05. The molecule has 1 aliphatic rings. The molecular weight excluding hydrogens is 254 g/mol. The van der Waals surface area contributed by atoms with Crippen LogP contribution >= 0.6 is 0 Å². The molecule has 1 fully saturated rings. The molecule has 19 heavy (non-hydrogen) atoms. The van der Waals surface area contributed by atoms with Gasteiger partial charge in [-0.1, -0.05) is 0 Å². The van der Waals surface area contributed by atoms with Gasteiger partial charge in [-0.15, -0.1) is 0 Å².